The molecular weight excluding hydrogens is 280 g/mol. The molecule has 0 aliphatic carbocycles. The average Bonchev–Trinajstić information content (AvgIpc) is 2.84. The number of rotatable bonds is 4. The van der Waals surface area contributed by atoms with Gasteiger partial charge in [0.05, 0.1) is 0 Å². The fourth-order valence-corrected chi connectivity index (χ4v) is 2.37. The van der Waals surface area contributed by atoms with Crippen LogP contribution in [0.4, 0.5) is 0 Å². The molecule has 0 spiro atoms. The first-order valence-corrected chi connectivity index (χ1v) is 7.39. The van der Waals surface area contributed by atoms with Crippen LogP contribution in [0.25, 0.3) is 11.3 Å². The summed E-state index contributed by atoms with van der Waals surface area (Å²) in [7, 11) is 0. The highest BCUT2D eigenvalue weighted by Gasteiger charge is 2.12. The molecular formula is C16H18N4O2. The van der Waals surface area contributed by atoms with Gasteiger partial charge in [0.15, 0.2) is 0 Å². The molecule has 0 amide bonds. The number of benzene rings is 1. The van der Waals surface area contributed by atoms with Crippen molar-refractivity contribution < 1.29 is 0 Å². The van der Waals surface area contributed by atoms with E-state index in [0.717, 1.165) is 24.1 Å². The van der Waals surface area contributed by atoms with E-state index >= 15 is 0 Å². The second-order valence-corrected chi connectivity index (χ2v) is 5.36. The Morgan fingerprint density at radius 2 is 1.82 bits per heavy atom. The molecule has 3 rings (SSSR count). The topological polar surface area (TPSA) is 61.3 Å². The Labute approximate surface area is 127 Å². The fourth-order valence-electron chi connectivity index (χ4n) is 2.37. The first kappa shape index (κ1) is 14.3. The maximum Gasteiger partial charge on any atom is 0.350 e. The van der Waals surface area contributed by atoms with Crippen LogP contribution in [0.3, 0.4) is 0 Å². The number of hydrogen-bond donors (Lipinski definition) is 0. The van der Waals surface area contributed by atoms with E-state index in [1.54, 1.807) is 12.4 Å². The molecule has 1 aromatic carbocycles. The summed E-state index contributed by atoms with van der Waals surface area (Å²) in [4.78, 5) is 24.8. The SMILES string of the molecule is CCCCn1nc2c(=O)n(-c3ccc(C)cc3)ccn2c1=O. The van der Waals surface area contributed by atoms with Crippen molar-refractivity contribution in [3.05, 3.63) is 63.1 Å². The van der Waals surface area contributed by atoms with Crippen LogP contribution >= 0.6 is 0 Å². The van der Waals surface area contributed by atoms with Gasteiger partial charge in [-0.3, -0.25) is 9.36 Å². The second kappa shape index (κ2) is 5.63. The van der Waals surface area contributed by atoms with E-state index < -0.39 is 0 Å². The Morgan fingerprint density at radius 1 is 1.09 bits per heavy atom. The molecule has 114 valence electrons. The van der Waals surface area contributed by atoms with E-state index in [2.05, 4.69) is 5.10 Å². The molecule has 6 nitrogen and oxygen atoms in total. The number of fused-ring (bicyclic) bond motifs is 1. The molecule has 0 N–H and O–H groups in total. The molecule has 0 radical (unpaired) electrons. The third-order valence-electron chi connectivity index (χ3n) is 3.68. The van der Waals surface area contributed by atoms with Gasteiger partial charge in [-0.25, -0.2) is 13.9 Å². The Hall–Kier alpha value is -2.63. The number of nitrogens with zero attached hydrogens (tertiary/aromatic N) is 4. The van der Waals surface area contributed by atoms with Crippen molar-refractivity contribution in [2.45, 2.75) is 33.2 Å². The van der Waals surface area contributed by atoms with Crippen LogP contribution in [0, 0.1) is 6.92 Å². The van der Waals surface area contributed by atoms with Gasteiger partial charge >= 0.3 is 11.2 Å². The number of aromatic nitrogens is 4. The summed E-state index contributed by atoms with van der Waals surface area (Å²) in [6, 6.07) is 7.63. The third-order valence-corrected chi connectivity index (χ3v) is 3.68. The van der Waals surface area contributed by atoms with Crippen LogP contribution in [0.2, 0.25) is 0 Å². The van der Waals surface area contributed by atoms with E-state index in [1.807, 2.05) is 38.1 Å². The smallest absolute Gasteiger partial charge is 0.280 e. The molecule has 6 heteroatoms. The van der Waals surface area contributed by atoms with Gasteiger partial charge in [-0.1, -0.05) is 31.0 Å². The van der Waals surface area contributed by atoms with Gasteiger partial charge in [0.1, 0.15) is 0 Å². The minimum atomic E-state index is -0.293. The molecule has 0 fully saturated rings. The Bertz CT molecular complexity index is 916. The van der Waals surface area contributed by atoms with Crippen LogP contribution in [-0.4, -0.2) is 18.7 Å². The molecule has 3 aromatic rings. The summed E-state index contributed by atoms with van der Waals surface area (Å²) >= 11 is 0. The third kappa shape index (κ3) is 2.36. The van der Waals surface area contributed by atoms with Crippen molar-refractivity contribution in [1.82, 2.24) is 18.7 Å². The molecule has 0 aliphatic heterocycles. The second-order valence-electron chi connectivity index (χ2n) is 5.36. The standard InChI is InChI=1S/C16H18N4O2/c1-3-4-9-20-16(22)19-11-10-18(15(21)14(19)17-20)13-7-5-12(2)6-8-13/h5-8,10-11H,3-4,9H2,1-2H3. The summed E-state index contributed by atoms with van der Waals surface area (Å²) in [6.45, 7) is 4.57. The fraction of sp³-hybridized carbons (Fsp3) is 0.312. The van der Waals surface area contributed by atoms with E-state index in [1.165, 1.54) is 13.6 Å². The highest BCUT2D eigenvalue weighted by Crippen LogP contribution is 2.07. The zero-order valence-electron chi connectivity index (χ0n) is 12.7. The highest BCUT2D eigenvalue weighted by atomic mass is 16.2. The quantitative estimate of drug-likeness (QED) is 0.737. The van der Waals surface area contributed by atoms with E-state index in [9.17, 15) is 9.59 Å². The molecule has 2 heterocycles. The van der Waals surface area contributed by atoms with Crippen LogP contribution in [0.15, 0.2) is 46.2 Å². The largest absolute Gasteiger partial charge is 0.350 e. The Balaban J connectivity index is 2.15. The maximum atomic E-state index is 12.6. The van der Waals surface area contributed by atoms with Crippen molar-refractivity contribution in [3.8, 4) is 5.69 Å². The molecule has 0 bridgehead atoms. The van der Waals surface area contributed by atoms with Gasteiger partial charge in [0.25, 0.3) is 0 Å². The predicted octanol–water partition coefficient (Wildman–Crippen LogP) is 1.76. The summed E-state index contributed by atoms with van der Waals surface area (Å²) < 4.78 is 4.17. The molecule has 22 heavy (non-hydrogen) atoms. The van der Waals surface area contributed by atoms with Gasteiger partial charge in [0, 0.05) is 24.6 Å². The molecule has 0 saturated heterocycles. The van der Waals surface area contributed by atoms with Gasteiger partial charge in [-0.05, 0) is 25.5 Å². The molecule has 0 atom stereocenters. The van der Waals surface area contributed by atoms with E-state index in [4.69, 9.17) is 0 Å². The van der Waals surface area contributed by atoms with Crippen LogP contribution in [0.1, 0.15) is 25.3 Å². The van der Waals surface area contributed by atoms with Crippen molar-refractivity contribution in [2.24, 2.45) is 0 Å². The first-order valence-electron chi connectivity index (χ1n) is 7.39. The molecule has 0 aliphatic rings. The lowest BCUT2D eigenvalue weighted by Gasteiger charge is -2.05. The number of unbranched alkanes of at least 4 members (excludes halogenated alkanes) is 1. The predicted molar refractivity (Wildman–Crippen MR) is 84.7 cm³/mol. The summed E-state index contributed by atoms with van der Waals surface area (Å²) in [6.07, 6.45) is 5.02. The van der Waals surface area contributed by atoms with Crippen LogP contribution in [-0.2, 0) is 6.54 Å². The normalized spacial score (nSPS) is 11.2. The summed E-state index contributed by atoms with van der Waals surface area (Å²) in [5, 5.41) is 4.19. The summed E-state index contributed by atoms with van der Waals surface area (Å²) in [5.41, 5.74) is 1.48. The van der Waals surface area contributed by atoms with Gasteiger partial charge in [-0.2, -0.15) is 0 Å². The van der Waals surface area contributed by atoms with E-state index in [-0.39, 0.29) is 16.9 Å². The lowest BCUT2D eigenvalue weighted by Crippen LogP contribution is -2.24. The maximum absolute atomic E-state index is 12.6. The monoisotopic (exact) mass is 298 g/mol. The highest BCUT2D eigenvalue weighted by molar-refractivity contribution is 5.40. The molecule has 0 saturated carbocycles. The van der Waals surface area contributed by atoms with E-state index in [0.29, 0.717) is 6.54 Å². The minimum Gasteiger partial charge on any atom is -0.280 e. The van der Waals surface area contributed by atoms with Crippen LogP contribution < -0.4 is 11.2 Å². The van der Waals surface area contributed by atoms with Crippen molar-refractivity contribution in [1.29, 1.82) is 0 Å². The van der Waals surface area contributed by atoms with Gasteiger partial charge < -0.3 is 0 Å². The Morgan fingerprint density at radius 3 is 2.50 bits per heavy atom. The zero-order chi connectivity index (χ0) is 15.7. The van der Waals surface area contributed by atoms with Gasteiger partial charge in [-0.15, -0.1) is 5.10 Å². The lowest BCUT2D eigenvalue weighted by atomic mass is 10.2. The first-order chi connectivity index (χ1) is 10.6. The number of aryl methyl sites for hydroxylation is 2. The number of hydrogen-bond acceptors (Lipinski definition) is 3. The minimum absolute atomic E-state index is 0.157. The van der Waals surface area contributed by atoms with Crippen molar-refractivity contribution >= 4 is 5.65 Å². The van der Waals surface area contributed by atoms with Crippen LogP contribution in [0.5, 0.6) is 0 Å². The average molecular weight is 298 g/mol. The lowest BCUT2D eigenvalue weighted by molar-refractivity contribution is 0.554. The molecule has 2 aromatic heterocycles. The molecule has 0 unspecified atom stereocenters. The zero-order valence-corrected chi connectivity index (χ0v) is 12.7. The van der Waals surface area contributed by atoms with Crippen molar-refractivity contribution in [3.63, 3.8) is 0 Å². The van der Waals surface area contributed by atoms with Gasteiger partial charge in [0.2, 0.25) is 5.65 Å². The van der Waals surface area contributed by atoms with Crippen molar-refractivity contribution in [2.75, 3.05) is 0 Å². The summed E-state index contributed by atoms with van der Waals surface area (Å²) in [5.74, 6) is 0. The Kier molecular flexibility index (Phi) is 3.66.